The Morgan fingerprint density at radius 3 is 2.39 bits per heavy atom. The number of benzene rings is 1. The molecule has 0 N–H and O–H groups in total. The van der Waals surface area contributed by atoms with Crippen molar-refractivity contribution in [2.75, 3.05) is 6.61 Å². The molecular weight excluding hydrogens is 291 g/mol. The minimum atomic E-state index is -0.927. The molecule has 1 aromatic carbocycles. The average molecular weight is 316 g/mol. The van der Waals surface area contributed by atoms with Gasteiger partial charge in [0.1, 0.15) is 12.8 Å². The maximum Gasteiger partial charge on any atom is 0.159 e. The monoisotopic (exact) mass is 316 g/mol. The van der Waals surface area contributed by atoms with Gasteiger partial charge in [0.15, 0.2) is 11.6 Å². The molecule has 4 heteroatoms. The molecule has 3 nitrogen and oxygen atoms in total. The SMILES string of the molecule is CCCCCC[C@H](F)COc1cnc(-c2ccc(C)cc2)nc1. The fourth-order valence-corrected chi connectivity index (χ4v) is 2.31. The van der Waals surface area contributed by atoms with E-state index in [1.54, 1.807) is 12.4 Å². The van der Waals surface area contributed by atoms with Gasteiger partial charge in [-0.2, -0.15) is 0 Å². The second kappa shape index (κ2) is 9.23. The van der Waals surface area contributed by atoms with Crippen LogP contribution in [-0.2, 0) is 0 Å². The van der Waals surface area contributed by atoms with Gasteiger partial charge in [-0.25, -0.2) is 14.4 Å². The summed E-state index contributed by atoms with van der Waals surface area (Å²) in [5.74, 6) is 1.16. The fourth-order valence-electron chi connectivity index (χ4n) is 2.31. The molecule has 0 bridgehead atoms. The summed E-state index contributed by atoms with van der Waals surface area (Å²) in [5, 5.41) is 0. The first kappa shape index (κ1) is 17.4. The zero-order valence-electron chi connectivity index (χ0n) is 14.0. The number of alkyl halides is 1. The number of halogens is 1. The highest BCUT2D eigenvalue weighted by molar-refractivity contribution is 5.55. The normalized spacial score (nSPS) is 12.1. The van der Waals surface area contributed by atoms with Gasteiger partial charge in [-0.15, -0.1) is 0 Å². The third-order valence-corrected chi connectivity index (χ3v) is 3.74. The van der Waals surface area contributed by atoms with Crippen molar-refractivity contribution in [1.29, 1.82) is 0 Å². The highest BCUT2D eigenvalue weighted by Gasteiger charge is 2.08. The van der Waals surface area contributed by atoms with Crippen LogP contribution < -0.4 is 4.74 Å². The van der Waals surface area contributed by atoms with Crippen LogP contribution in [0.5, 0.6) is 5.75 Å². The van der Waals surface area contributed by atoms with Crippen LogP contribution in [0.15, 0.2) is 36.7 Å². The number of aromatic nitrogens is 2. The summed E-state index contributed by atoms with van der Waals surface area (Å²) in [5.41, 5.74) is 2.16. The smallest absolute Gasteiger partial charge is 0.159 e. The third-order valence-electron chi connectivity index (χ3n) is 3.74. The first-order valence-electron chi connectivity index (χ1n) is 8.35. The molecule has 0 saturated carbocycles. The van der Waals surface area contributed by atoms with Crippen LogP contribution in [0.3, 0.4) is 0 Å². The number of hydrogen-bond acceptors (Lipinski definition) is 3. The molecule has 0 unspecified atom stereocenters. The van der Waals surface area contributed by atoms with E-state index >= 15 is 0 Å². The Hall–Kier alpha value is -1.97. The van der Waals surface area contributed by atoms with E-state index in [1.807, 2.05) is 31.2 Å². The molecule has 0 radical (unpaired) electrons. The topological polar surface area (TPSA) is 35.0 Å². The van der Waals surface area contributed by atoms with Gasteiger partial charge < -0.3 is 4.74 Å². The van der Waals surface area contributed by atoms with E-state index < -0.39 is 6.17 Å². The van der Waals surface area contributed by atoms with Gasteiger partial charge in [0.05, 0.1) is 12.4 Å². The van der Waals surface area contributed by atoms with Gasteiger partial charge in [0.2, 0.25) is 0 Å². The minimum absolute atomic E-state index is 0.0688. The average Bonchev–Trinajstić information content (AvgIpc) is 2.58. The predicted molar refractivity (Wildman–Crippen MR) is 91.4 cm³/mol. The maximum atomic E-state index is 13.7. The van der Waals surface area contributed by atoms with Gasteiger partial charge in [0.25, 0.3) is 0 Å². The summed E-state index contributed by atoms with van der Waals surface area (Å²) in [7, 11) is 0. The molecule has 0 fully saturated rings. The lowest BCUT2D eigenvalue weighted by Crippen LogP contribution is -2.13. The predicted octanol–water partition coefficient (Wildman–Crippen LogP) is 5.14. The van der Waals surface area contributed by atoms with E-state index in [-0.39, 0.29) is 6.61 Å². The quantitative estimate of drug-likeness (QED) is 0.601. The zero-order chi connectivity index (χ0) is 16.5. The van der Waals surface area contributed by atoms with Crippen LogP contribution in [-0.4, -0.2) is 22.7 Å². The summed E-state index contributed by atoms with van der Waals surface area (Å²) < 4.78 is 19.2. The number of aryl methyl sites for hydroxylation is 1. The van der Waals surface area contributed by atoms with Crippen LogP contribution >= 0.6 is 0 Å². The highest BCUT2D eigenvalue weighted by atomic mass is 19.1. The number of nitrogens with zero attached hydrogens (tertiary/aromatic N) is 2. The van der Waals surface area contributed by atoms with Crippen LogP contribution in [0.25, 0.3) is 11.4 Å². The van der Waals surface area contributed by atoms with Crippen LogP contribution in [0.2, 0.25) is 0 Å². The fraction of sp³-hybridized carbons (Fsp3) is 0.474. The summed E-state index contributed by atoms with van der Waals surface area (Å²) in [4.78, 5) is 8.57. The molecule has 2 rings (SSSR count). The molecule has 0 spiro atoms. The Bertz CT molecular complexity index is 569. The molecule has 124 valence electrons. The zero-order valence-corrected chi connectivity index (χ0v) is 14.0. The molecule has 23 heavy (non-hydrogen) atoms. The second-order valence-electron chi connectivity index (χ2n) is 5.87. The molecule has 0 saturated heterocycles. The molecule has 0 aliphatic heterocycles. The van der Waals surface area contributed by atoms with E-state index in [0.717, 1.165) is 24.8 Å². The van der Waals surface area contributed by atoms with Gasteiger partial charge in [-0.3, -0.25) is 0 Å². The Kier molecular flexibility index (Phi) is 6.98. The Labute approximate surface area is 137 Å². The van der Waals surface area contributed by atoms with Crippen molar-refractivity contribution in [3.05, 3.63) is 42.2 Å². The number of hydrogen-bond donors (Lipinski definition) is 0. The van der Waals surface area contributed by atoms with Gasteiger partial charge in [0, 0.05) is 5.56 Å². The standard InChI is InChI=1S/C19H25FN2O/c1-3-4-5-6-7-17(20)14-23-18-12-21-19(22-13-18)16-10-8-15(2)9-11-16/h8-13,17H,3-7,14H2,1-2H3/t17-/m0/s1. The Morgan fingerprint density at radius 2 is 1.74 bits per heavy atom. The number of ether oxygens (including phenoxy) is 1. The van der Waals surface area contributed by atoms with E-state index in [2.05, 4.69) is 16.9 Å². The summed E-state index contributed by atoms with van der Waals surface area (Å²) in [6.45, 7) is 4.26. The molecule has 1 heterocycles. The molecule has 1 aromatic heterocycles. The summed E-state index contributed by atoms with van der Waals surface area (Å²) >= 11 is 0. The van der Waals surface area contributed by atoms with Crippen LogP contribution in [0, 0.1) is 6.92 Å². The highest BCUT2D eigenvalue weighted by Crippen LogP contribution is 2.17. The van der Waals surface area contributed by atoms with E-state index in [1.165, 1.54) is 12.0 Å². The maximum absolute atomic E-state index is 13.7. The van der Waals surface area contributed by atoms with Gasteiger partial charge in [-0.1, -0.05) is 62.4 Å². The van der Waals surface area contributed by atoms with Crippen molar-refractivity contribution in [3.63, 3.8) is 0 Å². The molecule has 0 aliphatic carbocycles. The van der Waals surface area contributed by atoms with Crippen molar-refractivity contribution in [2.45, 2.75) is 52.1 Å². The first-order valence-corrected chi connectivity index (χ1v) is 8.35. The van der Waals surface area contributed by atoms with Crippen LogP contribution in [0.1, 0.15) is 44.6 Å². The largest absolute Gasteiger partial charge is 0.487 e. The van der Waals surface area contributed by atoms with Crippen molar-refractivity contribution in [3.8, 4) is 17.1 Å². The molecule has 0 aliphatic rings. The molecule has 2 aromatic rings. The lowest BCUT2D eigenvalue weighted by Gasteiger charge is -2.10. The van der Waals surface area contributed by atoms with E-state index in [9.17, 15) is 4.39 Å². The minimum Gasteiger partial charge on any atom is -0.487 e. The number of unbranched alkanes of at least 4 members (excludes halogenated alkanes) is 3. The first-order chi connectivity index (χ1) is 11.2. The Morgan fingerprint density at radius 1 is 1.04 bits per heavy atom. The second-order valence-corrected chi connectivity index (χ2v) is 5.87. The summed E-state index contributed by atoms with van der Waals surface area (Å²) in [6, 6.07) is 8.02. The molecular formula is C19H25FN2O. The van der Waals surface area contributed by atoms with E-state index in [0.29, 0.717) is 18.0 Å². The number of rotatable bonds is 9. The Balaban J connectivity index is 1.79. The van der Waals surface area contributed by atoms with Crippen LogP contribution in [0.4, 0.5) is 4.39 Å². The van der Waals surface area contributed by atoms with Crippen molar-refractivity contribution >= 4 is 0 Å². The van der Waals surface area contributed by atoms with Crippen molar-refractivity contribution in [1.82, 2.24) is 9.97 Å². The van der Waals surface area contributed by atoms with Gasteiger partial charge >= 0.3 is 0 Å². The van der Waals surface area contributed by atoms with Gasteiger partial charge in [-0.05, 0) is 13.3 Å². The molecule has 1 atom stereocenters. The van der Waals surface area contributed by atoms with Crippen molar-refractivity contribution < 1.29 is 9.13 Å². The summed E-state index contributed by atoms with van der Waals surface area (Å²) in [6.07, 6.45) is 7.18. The van der Waals surface area contributed by atoms with Crippen molar-refractivity contribution in [2.24, 2.45) is 0 Å². The molecule has 0 amide bonds. The third kappa shape index (κ3) is 5.97. The lowest BCUT2D eigenvalue weighted by atomic mass is 10.1. The van der Waals surface area contributed by atoms with E-state index in [4.69, 9.17) is 4.74 Å². The lowest BCUT2D eigenvalue weighted by molar-refractivity contribution is 0.183.